The molecule has 8 heteroatoms. The van der Waals surface area contributed by atoms with Crippen molar-refractivity contribution in [1.29, 1.82) is 0 Å². The summed E-state index contributed by atoms with van der Waals surface area (Å²) >= 11 is 5.85. The third-order valence-corrected chi connectivity index (χ3v) is 4.55. The Morgan fingerprint density at radius 2 is 1.89 bits per heavy atom. The van der Waals surface area contributed by atoms with E-state index in [4.69, 9.17) is 21.1 Å². The minimum Gasteiger partial charge on any atom is -0.497 e. The highest BCUT2D eigenvalue weighted by molar-refractivity contribution is 6.31. The second kappa shape index (κ2) is 7.36. The molecule has 4 rings (SSSR count). The van der Waals surface area contributed by atoms with Crippen molar-refractivity contribution in [2.75, 3.05) is 19.5 Å². The molecule has 2 aromatic heterocycles. The first-order chi connectivity index (χ1) is 13.6. The highest BCUT2D eigenvalue weighted by atomic mass is 35.5. The van der Waals surface area contributed by atoms with E-state index in [2.05, 4.69) is 15.4 Å². The van der Waals surface area contributed by atoms with Gasteiger partial charge < -0.3 is 14.8 Å². The molecule has 28 heavy (non-hydrogen) atoms. The van der Waals surface area contributed by atoms with Gasteiger partial charge in [-0.05, 0) is 36.4 Å². The molecule has 0 fully saturated rings. The highest BCUT2D eigenvalue weighted by Gasteiger charge is 2.14. The highest BCUT2D eigenvalue weighted by Crippen LogP contribution is 2.35. The zero-order valence-electron chi connectivity index (χ0n) is 15.1. The molecular formula is C20H16ClFN4O2. The molecular weight excluding hydrogens is 383 g/mol. The summed E-state index contributed by atoms with van der Waals surface area (Å²) in [6.07, 6.45) is 3.51. The number of anilines is 2. The van der Waals surface area contributed by atoms with Crippen molar-refractivity contribution in [3.63, 3.8) is 0 Å². The summed E-state index contributed by atoms with van der Waals surface area (Å²) in [4.78, 5) is 4.64. The number of nitrogens with zero attached hydrogens (tertiary/aromatic N) is 3. The van der Waals surface area contributed by atoms with Crippen LogP contribution in [-0.2, 0) is 0 Å². The van der Waals surface area contributed by atoms with Crippen LogP contribution in [0.2, 0.25) is 5.02 Å². The second-order valence-corrected chi connectivity index (χ2v) is 6.37. The fourth-order valence-electron chi connectivity index (χ4n) is 2.87. The lowest BCUT2D eigenvalue weighted by Crippen LogP contribution is -1.98. The predicted octanol–water partition coefficient (Wildman–Crippen LogP) is 4.95. The summed E-state index contributed by atoms with van der Waals surface area (Å²) in [6, 6.07) is 11.7. The zero-order chi connectivity index (χ0) is 19.7. The normalized spacial score (nSPS) is 10.9. The van der Waals surface area contributed by atoms with Crippen LogP contribution in [0, 0.1) is 5.82 Å². The van der Waals surface area contributed by atoms with Gasteiger partial charge in [0.1, 0.15) is 23.1 Å². The van der Waals surface area contributed by atoms with Gasteiger partial charge in [-0.2, -0.15) is 5.10 Å². The van der Waals surface area contributed by atoms with Crippen molar-refractivity contribution < 1.29 is 13.9 Å². The second-order valence-electron chi connectivity index (χ2n) is 5.96. The van der Waals surface area contributed by atoms with Crippen LogP contribution in [0.1, 0.15) is 0 Å². The summed E-state index contributed by atoms with van der Waals surface area (Å²) in [6.45, 7) is 0. The third-order valence-electron chi connectivity index (χ3n) is 4.26. The molecule has 0 aliphatic carbocycles. The number of methoxy groups -OCH3 is 2. The maximum atomic E-state index is 13.4. The van der Waals surface area contributed by atoms with Crippen molar-refractivity contribution in [3.05, 3.63) is 65.7 Å². The lowest BCUT2D eigenvalue weighted by molar-refractivity contribution is 0.395. The average molecular weight is 399 g/mol. The fourth-order valence-corrected chi connectivity index (χ4v) is 3.05. The maximum Gasteiger partial charge on any atom is 0.165 e. The van der Waals surface area contributed by atoms with Gasteiger partial charge in [0, 0.05) is 23.5 Å². The number of halogens is 2. The summed E-state index contributed by atoms with van der Waals surface area (Å²) in [7, 11) is 3.20. The van der Waals surface area contributed by atoms with Crippen LogP contribution >= 0.6 is 11.6 Å². The number of fused-ring (bicyclic) bond motifs is 1. The van der Waals surface area contributed by atoms with Crippen LogP contribution < -0.4 is 14.8 Å². The molecule has 142 valence electrons. The molecule has 0 atom stereocenters. The standard InChI is InChI=1S/C20H16ClFN4O2/c1-27-13-4-5-14(18(10-13)28-2)15-11-23-26-8-7-19(25-20(15)26)24-12-3-6-17(22)16(21)9-12/h3-11H,1-2H3,(H,24,25). The Kier molecular flexibility index (Phi) is 4.75. The van der Waals surface area contributed by atoms with Gasteiger partial charge in [-0.1, -0.05) is 11.6 Å². The van der Waals surface area contributed by atoms with Gasteiger partial charge in [-0.3, -0.25) is 0 Å². The van der Waals surface area contributed by atoms with Crippen molar-refractivity contribution in [2.45, 2.75) is 0 Å². The topological polar surface area (TPSA) is 60.7 Å². The molecule has 2 heterocycles. The minimum atomic E-state index is -0.472. The first kappa shape index (κ1) is 18.1. The van der Waals surface area contributed by atoms with Gasteiger partial charge in [0.25, 0.3) is 0 Å². The van der Waals surface area contributed by atoms with E-state index in [1.165, 1.54) is 12.1 Å². The number of rotatable bonds is 5. The smallest absolute Gasteiger partial charge is 0.165 e. The van der Waals surface area contributed by atoms with Gasteiger partial charge in [-0.25, -0.2) is 13.9 Å². The molecule has 6 nitrogen and oxygen atoms in total. The monoisotopic (exact) mass is 398 g/mol. The molecule has 2 aromatic carbocycles. The summed E-state index contributed by atoms with van der Waals surface area (Å²) < 4.78 is 25.8. The number of ether oxygens (including phenoxy) is 2. The van der Waals surface area contributed by atoms with E-state index in [1.54, 1.807) is 49.3 Å². The van der Waals surface area contributed by atoms with E-state index in [-0.39, 0.29) is 5.02 Å². The van der Waals surface area contributed by atoms with Crippen LogP contribution in [0.25, 0.3) is 16.8 Å². The molecule has 0 aliphatic rings. The lowest BCUT2D eigenvalue weighted by atomic mass is 10.1. The van der Waals surface area contributed by atoms with E-state index in [1.807, 2.05) is 12.1 Å². The largest absolute Gasteiger partial charge is 0.497 e. The number of hydrogen-bond acceptors (Lipinski definition) is 5. The van der Waals surface area contributed by atoms with Gasteiger partial charge >= 0.3 is 0 Å². The first-order valence-corrected chi connectivity index (χ1v) is 8.75. The molecule has 0 radical (unpaired) electrons. The summed E-state index contributed by atoms with van der Waals surface area (Å²) in [5.74, 6) is 1.45. The van der Waals surface area contributed by atoms with Gasteiger partial charge in [0.05, 0.1) is 31.0 Å². The Morgan fingerprint density at radius 3 is 2.64 bits per heavy atom. The molecule has 0 unspecified atom stereocenters. The van der Waals surface area contributed by atoms with Crippen LogP contribution in [0.4, 0.5) is 15.9 Å². The van der Waals surface area contributed by atoms with Crippen molar-refractivity contribution >= 4 is 28.8 Å². The molecule has 0 spiro atoms. The van der Waals surface area contributed by atoms with E-state index < -0.39 is 5.82 Å². The van der Waals surface area contributed by atoms with E-state index in [0.717, 1.165) is 11.1 Å². The molecule has 0 amide bonds. The van der Waals surface area contributed by atoms with Crippen molar-refractivity contribution in [2.24, 2.45) is 0 Å². The minimum absolute atomic E-state index is 0.0408. The molecule has 4 aromatic rings. The molecule has 0 bridgehead atoms. The maximum absolute atomic E-state index is 13.4. The summed E-state index contributed by atoms with van der Waals surface area (Å²) in [5.41, 5.74) is 2.92. The molecule has 0 aliphatic heterocycles. The summed E-state index contributed by atoms with van der Waals surface area (Å²) in [5, 5.41) is 7.52. The quantitative estimate of drug-likeness (QED) is 0.515. The van der Waals surface area contributed by atoms with E-state index in [9.17, 15) is 4.39 Å². The fraction of sp³-hybridized carbons (Fsp3) is 0.100. The van der Waals surface area contributed by atoms with E-state index >= 15 is 0 Å². The Bertz CT molecular complexity index is 1160. The first-order valence-electron chi connectivity index (χ1n) is 8.38. The zero-order valence-corrected chi connectivity index (χ0v) is 15.9. The van der Waals surface area contributed by atoms with Crippen LogP contribution in [0.15, 0.2) is 54.9 Å². The third kappa shape index (κ3) is 3.32. The van der Waals surface area contributed by atoms with Gasteiger partial charge in [0.2, 0.25) is 0 Å². The van der Waals surface area contributed by atoms with Gasteiger partial charge in [0.15, 0.2) is 5.65 Å². The number of nitrogens with one attached hydrogen (secondary N) is 1. The molecule has 0 saturated heterocycles. The van der Waals surface area contributed by atoms with Crippen LogP contribution in [0.5, 0.6) is 11.5 Å². The van der Waals surface area contributed by atoms with Crippen molar-refractivity contribution in [3.8, 4) is 22.6 Å². The van der Waals surface area contributed by atoms with Gasteiger partial charge in [-0.15, -0.1) is 0 Å². The van der Waals surface area contributed by atoms with E-state index in [0.29, 0.717) is 28.7 Å². The Balaban J connectivity index is 1.75. The number of hydrogen-bond donors (Lipinski definition) is 1. The van der Waals surface area contributed by atoms with Crippen LogP contribution in [-0.4, -0.2) is 28.8 Å². The Morgan fingerprint density at radius 1 is 1.04 bits per heavy atom. The number of aromatic nitrogens is 3. The number of benzene rings is 2. The lowest BCUT2D eigenvalue weighted by Gasteiger charge is -2.10. The van der Waals surface area contributed by atoms with Crippen molar-refractivity contribution in [1.82, 2.24) is 14.6 Å². The molecule has 1 N–H and O–H groups in total. The van der Waals surface area contributed by atoms with Crippen LogP contribution in [0.3, 0.4) is 0 Å². The SMILES string of the molecule is COc1ccc(-c2cnn3ccc(Nc4ccc(F)c(Cl)c4)nc23)c(OC)c1. The Hall–Kier alpha value is -3.32. The average Bonchev–Trinajstić information content (AvgIpc) is 3.13. The Labute approximate surface area is 165 Å². The molecule has 0 saturated carbocycles. The predicted molar refractivity (Wildman–Crippen MR) is 106 cm³/mol.